The molecule has 0 fully saturated rings. The minimum absolute atomic E-state index is 1.10. The summed E-state index contributed by atoms with van der Waals surface area (Å²) in [7, 11) is -2.72. The van der Waals surface area contributed by atoms with Gasteiger partial charge in [0, 0.05) is 33.2 Å². The number of rotatable bonds is 10. The van der Waals surface area contributed by atoms with Crippen molar-refractivity contribution in [2.75, 3.05) is 4.90 Å². The highest BCUT2D eigenvalue weighted by Crippen LogP contribution is 2.43. The van der Waals surface area contributed by atoms with Crippen molar-refractivity contribution in [2.45, 2.75) is 0 Å². The lowest BCUT2D eigenvalue weighted by molar-refractivity contribution is 1.18. The maximum absolute atomic E-state index is 2.72. The van der Waals surface area contributed by atoms with E-state index in [9.17, 15) is 0 Å². The monoisotopic (exact) mass is 870 g/mol. The lowest BCUT2D eigenvalue weighted by Crippen LogP contribution is -2.74. The lowest BCUT2D eigenvalue weighted by atomic mass is 9.96. The Hall–Kier alpha value is -8.50. The predicted molar refractivity (Wildman–Crippen MR) is 287 cm³/mol. The Morgan fingerprint density at radius 3 is 1.18 bits per heavy atom. The van der Waals surface area contributed by atoms with Gasteiger partial charge in [0.25, 0.3) is 0 Å². The first-order valence-corrected chi connectivity index (χ1v) is 25.1. The molecule has 0 N–H and O–H groups in total. The van der Waals surface area contributed by atoms with Gasteiger partial charge in [0.05, 0.1) is 16.7 Å². The summed E-state index contributed by atoms with van der Waals surface area (Å²) in [5, 5.41) is 10.3. The third-order valence-corrected chi connectivity index (χ3v) is 18.4. The van der Waals surface area contributed by atoms with E-state index in [0.717, 1.165) is 22.7 Å². The predicted octanol–water partition coefficient (Wildman–Crippen LogP) is 14.1. The van der Waals surface area contributed by atoms with E-state index in [1.807, 2.05) is 0 Å². The van der Waals surface area contributed by atoms with E-state index in [-0.39, 0.29) is 0 Å². The number of anilines is 3. The Kier molecular flexibility index (Phi) is 10.2. The van der Waals surface area contributed by atoms with Gasteiger partial charge in [-0.1, -0.05) is 224 Å². The fourth-order valence-electron chi connectivity index (χ4n) is 10.5. The first-order valence-electron chi connectivity index (χ1n) is 23.1. The fourth-order valence-corrected chi connectivity index (χ4v) is 15.3. The van der Waals surface area contributed by atoms with Gasteiger partial charge in [-0.25, -0.2) is 0 Å². The smallest absolute Gasteiger partial charge is 0.179 e. The van der Waals surface area contributed by atoms with Gasteiger partial charge in [-0.2, -0.15) is 0 Å². The molecule has 316 valence electrons. The molecule has 0 spiro atoms. The Morgan fingerprint density at radius 2 is 0.657 bits per heavy atom. The number of aromatic nitrogens is 1. The van der Waals surface area contributed by atoms with Crippen LogP contribution in [0.2, 0.25) is 0 Å². The van der Waals surface area contributed by atoms with Crippen LogP contribution in [0.25, 0.3) is 60.5 Å². The van der Waals surface area contributed by atoms with Gasteiger partial charge in [0.15, 0.2) is 8.07 Å². The molecule has 0 amide bonds. The van der Waals surface area contributed by atoms with E-state index in [4.69, 9.17) is 0 Å². The second-order valence-electron chi connectivity index (χ2n) is 17.2. The van der Waals surface area contributed by atoms with Crippen LogP contribution in [0.15, 0.2) is 279 Å². The topological polar surface area (TPSA) is 8.17 Å². The zero-order valence-corrected chi connectivity index (χ0v) is 38.0. The average Bonchev–Trinajstić information content (AvgIpc) is 3.75. The second-order valence-corrected chi connectivity index (χ2v) is 21.0. The van der Waals surface area contributed by atoms with Crippen molar-refractivity contribution < 1.29 is 0 Å². The second kappa shape index (κ2) is 17.1. The third-order valence-electron chi connectivity index (χ3n) is 13.6. The maximum Gasteiger partial charge on any atom is 0.179 e. The summed E-state index contributed by atoms with van der Waals surface area (Å²) >= 11 is 0. The molecule has 0 radical (unpaired) electrons. The first-order chi connectivity index (χ1) is 33.3. The van der Waals surface area contributed by atoms with Gasteiger partial charge in [0.2, 0.25) is 0 Å². The quantitative estimate of drug-likeness (QED) is 0.0982. The molecule has 1 aromatic heterocycles. The zero-order chi connectivity index (χ0) is 44.6. The molecule has 1 heterocycles. The van der Waals surface area contributed by atoms with Crippen molar-refractivity contribution in [3.8, 4) is 27.9 Å². The summed E-state index contributed by atoms with van der Waals surface area (Å²) < 4.78 is 2.38. The summed E-state index contributed by atoms with van der Waals surface area (Å²) in [6.07, 6.45) is 0. The molecule has 3 heteroatoms. The normalized spacial score (nSPS) is 11.6. The highest BCUT2D eigenvalue weighted by atomic mass is 28.3. The zero-order valence-electron chi connectivity index (χ0n) is 37.0. The van der Waals surface area contributed by atoms with Gasteiger partial charge in [-0.15, -0.1) is 0 Å². The van der Waals surface area contributed by atoms with E-state index < -0.39 is 8.07 Å². The molecule has 12 aromatic rings. The summed E-state index contributed by atoms with van der Waals surface area (Å²) in [5.41, 5.74) is 11.7. The van der Waals surface area contributed by atoms with Gasteiger partial charge >= 0.3 is 0 Å². The number of nitrogens with zero attached hydrogens (tertiary/aromatic N) is 2. The van der Waals surface area contributed by atoms with Crippen LogP contribution in [0.1, 0.15) is 0 Å². The van der Waals surface area contributed by atoms with Crippen LogP contribution >= 0.6 is 0 Å². The Morgan fingerprint density at radius 1 is 0.269 bits per heavy atom. The van der Waals surface area contributed by atoms with Crippen LogP contribution in [0.4, 0.5) is 17.1 Å². The fraction of sp³-hybridized carbons (Fsp3) is 0. The van der Waals surface area contributed by atoms with E-state index >= 15 is 0 Å². The molecular weight excluding hydrogens is 825 g/mol. The largest absolute Gasteiger partial charge is 0.310 e. The van der Waals surface area contributed by atoms with Crippen LogP contribution in [0.5, 0.6) is 0 Å². The molecule has 2 nitrogen and oxygen atoms in total. The molecule has 0 atom stereocenters. The van der Waals surface area contributed by atoms with Crippen molar-refractivity contribution in [1.29, 1.82) is 0 Å². The van der Waals surface area contributed by atoms with Crippen LogP contribution in [-0.4, -0.2) is 12.6 Å². The Bertz CT molecular complexity index is 3490. The molecule has 0 aliphatic rings. The van der Waals surface area contributed by atoms with Crippen LogP contribution in [0, 0.1) is 0 Å². The van der Waals surface area contributed by atoms with Crippen LogP contribution in [-0.2, 0) is 0 Å². The molecule has 0 saturated carbocycles. The average molecular weight is 871 g/mol. The van der Waals surface area contributed by atoms with E-state index in [1.165, 1.54) is 75.6 Å². The highest BCUT2D eigenvalue weighted by molar-refractivity contribution is 7.19. The minimum atomic E-state index is -2.72. The molecule has 0 unspecified atom stereocenters. The van der Waals surface area contributed by atoms with Crippen molar-refractivity contribution in [1.82, 2.24) is 4.57 Å². The van der Waals surface area contributed by atoms with Gasteiger partial charge < -0.3 is 9.47 Å². The van der Waals surface area contributed by atoms with Gasteiger partial charge in [-0.3, -0.25) is 0 Å². The Labute approximate surface area is 392 Å². The van der Waals surface area contributed by atoms with Crippen LogP contribution in [0.3, 0.4) is 0 Å². The molecule has 12 rings (SSSR count). The minimum Gasteiger partial charge on any atom is -0.310 e. The summed E-state index contributed by atoms with van der Waals surface area (Å²) in [4.78, 5) is 2.44. The van der Waals surface area contributed by atoms with Crippen LogP contribution < -0.4 is 25.6 Å². The number of fused-ring (bicyclic) bond motifs is 4. The number of hydrogen-bond acceptors (Lipinski definition) is 1. The maximum atomic E-state index is 2.44. The molecule has 0 bridgehead atoms. The molecule has 67 heavy (non-hydrogen) atoms. The van der Waals surface area contributed by atoms with Crippen molar-refractivity contribution in [2.24, 2.45) is 0 Å². The molecule has 0 aliphatic heterocycles. The standard InChI is InChI=1S/C64H46N2Si/c1-5-19-47(20-6-1)48-33-37-50(38-34-48)65(51-41-43-56(44-42-51)67(53-21-7-2-8-22-53,54-23-9-3-10-24-54)55-25-11-4-12-26-55)64-46-45-57(58-27-13-14-28-59(58)64)49-35-39-52(40-36-49)66-62-31-17-15-29-60(62)61-30-16-18-32-63(61)66/h1-46H. The molecule has 0 saturated heterocycles. The van der Waals surface area contributed by atoms with Crippen molar-refractivity contribution >= 4 is 78.5 Å². The number of benzene rings is 11. The first kappa shape index (κ1) is 40.0. The summed E-state index contributed by atoms with van der Waals surface area (Å²) in [5.74, 6) is 0. The van der Waals surface area contributed by atoms with Crippen molar-refractivity contribution in [3.05, 3.63) is 279 Å². The SMILES string of the molecule is c1ccc(-c2ccc(N(c3ccc([Si](c4ccccc4)(c4ccccc4)c4ccccc4)cc3)c3ccc(-c4ccc(-n5c6ccccc6c6ccccc65)cc4)c4ccccc34)cc2)cc1. The summed E-state index contributed by atoms with van der Waals surface area (Å²) in [6, 6.07) is 103. The molecule has 11 aromatic carbocycles. The van der Waals surface area contributed by atoms with Gasteiger partial charge in [0.1, 0.15) is 0 Å². The molecule has 0 aliphatic carbocycles. The van der Waals surface area contributed by atoms with E-state index in [0.29, 0.717) is 0 Å². The van der Waals surface area contributed by atoms with Crippen molar-refractivity contribution in [3.63, 3.8) is 0 Å². The third kappa shape index (κ3) is 6.96. The molecular formula is C64H46N2Si. The van der Waals surface area contributed by atoms with Gasteiger partial charge in [-0.05, 0) is 103 Å². The van der Waals surface area contributed by atoms with E-state index in [2.05, 4.69) is 289 Å². The number of para-hydroxylation sites is 2. The highest BCUT2D eigenvalue weighted by Gasteiger charge is 2.41. The van der Waals surface area contributed by atoms with E-state index in [1.54, 1.807) is 0 Å². The Balaban J connectivity index is 1.000. The number of hydrogen-bond donors (Lipinski definition) is 0. The lowest BCUT2D eigenvalue weighted by Gasteiger charge is -2.35. The summed E-state index contributed by atoms with van der Waals surface area (Å²) in [6.45, 7) is 0.